The number of hydrogen-bond donors (Lipinski definition) is 8. The number of aromatic nitrogens is 8. The molecule has 0 saturated carbocycles. The van der Waals surface area contributed by atoms with Crippen molar-refractivity contribution in [2.24, 2.45) is 0 Å². The van der Waals surface area contributed by atoms with Crippen molar-refractivity contribution >= 4 is 80.3 Å². The van der Waals surface area contributed by atoms with Crippen LogP contribution in [-0.2, 0) is 25.7 Å². The molecular weight excluding hydrogens is 1500 g/mol. The Hall–Kier alpha value is -12.0. The fraction of sp³-hybridized carbons (Fsp3) is 0.364. The van der Waals surface area contributed by atoms with Crippen LogP contribution in [0.1, 0.15) is 86.5 Å². The molecule has 29 heteroatoms. The summed E-state index contributed by atoms with van der Waals surface area (Å²) < 4.78 is 31.2. The number of nitrogens with zero attached hydrogens (tertiary/aromatic N) is 12. The van der Waals surface area contributed by atoms with Crippen LogP contribution in [0.2, 0.25) is 5.02 Å². The maximum Gasteiger partial charge on any atom is 0.271 e. The zero-order valence-electron chi connectivity index (χ0n) is 66.4. The number of fused-ring (bicyclic) bond motifs is 8. The SMILES string of the molecule is Cc1cc(C)n2ncc(C(=O)N[C@H]3COc4cc(N5CCNCC5)ccc4C3)c2n1.Cc1ccc2nc(C(=O)N[C@H]3COc4cc(N5CCNCC5)ccc4C3)cn2n1.Cc1ccn2ccc(C(=O)N[C@H]3COc4cc(N5CCNCC5)ccc4C3)c2c1.O=C(N[C@H]1COc2cc(N3CCNCC3)ccc2C1)c1ccn2cc(Cl)ccc12. The number of piperazine rings is 4. The van der Waals surface area contributed by atoms with Gasteiger partial charge in [-0.25, -0.2) is 19.0 Å². The Morgan fingerprint density at radius 2 is 0.838 bits per heavy atom. The number of imidazole rings is 1. The number of carbonyl (C=O) groups is 4. The largest absolute Gasteiger partial charge is 0.491 e. The second kappa shape index (κ2) is 34.9. The molecular formula is C88H99ClN20O8. The molecule has 4 saturated heterocycles. The van der Waals surface area contributed by atoms with Gasteiger partial charge in [-0.3, -0.25) is 19.2 Å². The van der Waals surface area contributed by atoms with Crippen LogP contribution in [-0.4, -0.2) is 217 Å². The van der Waals surface area contributed by atoms with Gasteiger partial charge in [0.2, 0.25) is 0 Å². The Kier molecular flexibility index (Phi) is 23.1. The molecule has 8 aliphatic heterocycles. The highest BCUT2D eigenvalue weighted by Gasteiger charge is 2.31. The zero-order valence-corrected chi connectivity index (χ0v) is 67.1. The summed E-state index contributed by atoms with van der Waals surface area (Å²) in [6.07, 6.45) is 13.8. The van der Waals surface area contributed by atoms with Crippen molar-refractivity contribution in [2.45, 2.75) is 77.5 Å². The molecule has 8 aromatic heterocycles. The van der Waals surface area contributed by atoms with Crippen LogP contribution in [0.25, 0.3) is 22.3 Å². The molecule has 4 aromatic carbocycles. The maximum atomic E-state index is 12.9. The van der Waals surface area contributed by atoms with Gasteiger partial charge in [-0.15, -0.1) is 0 Å². The quantitative estimate of drug-likeness (QED) is 0.0579. The molecule has 0 bridgehead atoms. The van der Waals surface area contributed by atoms with Crippen molar-refractivity contribution in [3.8, 4) is 23.0 Å². The molecule has 16 heterocycles. The molecule has 0 spiro atoms. The van der Waals surface area contributed by atoms with Crippen LogP contribution in [0.3, 0.4) is 0 Å². The van der Waals surface area contributed by atoms with Gasteiger partial charge < -0.3 is 89.9 Å². The molecule has 606 valence electrons. The van der Waals surface area contributed by atoms with Gasteiger partial charge in [-0.1, -0.05) is 35.9 Å². The first kappa shape index (κ1) is 77.6. The minimum atomic E-state index is -0.206. The van der Waals surface area contributed by atoms with Gasteiger partial charge >= 0.3 is 0 Å². The van der Waals surface area contributed by atoms with Crippen LogP contribution in [0.15, 0.2) is 165 Å². The van der Waals surface area contributed by atoms with E-state index in [1.54, 1.807) is 33.7 Å². The van der Waals surface area contributed by atoms with Crippen LogP contribution < -0.4 is 81.1 Å². The monoisotopic (exact) mass is 1600 g/mol. The third-order valence-corrected chi connectivity index (χ3v) is 23.0. The van der Waals surface area contributed by atoms with E-state index in [9.17, 15) is 19.2 Å². The lowest BCUT2D eigenvalue weighted by Gasteiger charge is -2.31. The number of nitrogens with one attached hydrogen (secondary N) is 8. The van der Waals surface area contributed by atoms with Gasteiger partial charge in [0.1, 0.15) is 60.7 Å². The van der Waals surface area contributed by atoms with Crippen LogP contribution >= 0.6 is 11.6 Å². The summed E-state index contributed by atoms with van der Waals surface area (Å²) in [6, 6.07) is 42.5. The molecule has 20 rings (SSSR count). The Bertz CT molecular complexity index is 5620. The fourth-order valence-corrected chi connectivity index (χ4v) is 16.7. The summed E-state index contributed by atoms with van der Waals surface area (Å²) in [7, 11) is 0. The lowest BCUT2D eigenvalue weighted by atomic mass is 10.0. The van der Waals surface area contributed by atoms with E-state index in [2.05, 4.69) is 155 Å². The van der Waals surface area contributed by atoms with E-state index in [1.165, 1.54) is 22.7 Å². The van der Waals surface area contributed by atoms with Gasteiger partial charge in [0.25, 0.3) is 23.6 Å². The summed E-state index contributed by atoms with van der Waals surface area (Å²) in [4.78, 5) is 69.6. The summed E-state index contributed by atoms with van der Waals surface area (Å²) in [6.45, 7) is 25.8. The third-order valence-electron chi connectivity index (χ3n) is 22.7. The summed E-state index contributed by atoms with van der Waals surface area (Å²) in [5, 5.41) is 35.2. The van der Waals surface area contributed by atoms with Crippen molar-refractivity contribution in [3.05, 3.63) is 237 Å². The lowest BCUT2D eigenvalue weighted by Crippen LogP contribution is -2.44. The number of ether oxygens (including phenoxy) is 4. The van der Waals surface area contributed by atoms with E-state index in [1.807, 2.05) is 104 Å². The topological polar surface area (TPSA) is 284 Å². The number of hydrogen-bond acceptors (Lipinski definition) is 20. The number of benzene rings is 4. The number of halogens is 1. The first-order valence-electron chi connectivity index (χ1n) is 40.7. The normalized spacial score (nSPS) is 18.9. The number of anilines is 4. The van der Waals surface area contributed by atoms with Crippen LogP contribution in [0.4, 0.5) is 22.7 Å². The van der Waals surface area contributed by atoms with Crippen molar-refractivity contribution in [2.75, 3.05) is 151 Å². The summed E-state index contributed by atoms with van der Waals surface area (Å²) >= 11 is 6.03. The van der Waals surface area contributed by atoms with Gasteiger partial charge in [-0.2, -0.15) is 10.2 Å². The average Bonchev–Trinajstić information content (AvgIpc) is 1.69. The molecule has 0 aliphatic carbocycles. The molecule has 8 N–H and O–H groups in total. The molecule has 0 radical (unpaired) electrons. The predicted octanol–water partition coefficient (Wildman–Crippen LogP) is 7.80. The van der Waals surface area contributed by atoms with Crippen LogP contribution in [0.5, 0.6) is 23.0 Å². The second-order valence-electron chi connectivity index (χ2n) is 31.2. The highest BCUT2D eigenvalue weighted by molar-refractivity contribution is 6.30. The number of aryl methyl sites for hydroxylation is 4. The number of amides is 4. The Morgan fingerprint density at radius 3 is 1.30 bits per heavy atom. The van der Waals surface area contributed by atoms with Gasteiger partial charge in [-0.05, 0) is 160 Å². The second-order valence-corrected chi connectivity index (χ2v) is 31.6. The van der Waals surface area contributed by atoms with Gasteiger partial charge in [0, 0.05) is 188 Å². The van der Waals surface area contributed by atoms with Gasteiger partial charge in [0.05, 0.1) is 69.4 Å². The van der Waals surface area contributed by atoms with E-state index < -0.39 is 0 Å². The number of rotatable bonds is 12. The Labute approximate surface area is 683 Å². The first-order valence-corrected chi connectivity index (χ1v) is 41.0. The summed E-state index contributed by atoms with van der Waals surface area (Å²) in [5.74, 6) is 3.18. The summed E-state index contributed by atoms with van der Waals surface area (Å²) in [5.41, 5.74) is 18.4. The minimum Gasteiger partial charge on any atom is -0.491 e. The van der Waals surface area contributed by atoms with E-state index in [-0.39, 0.29) is 47.8 Å². The molecule has 4 fully saturated rings. The molecule has 4 amide bonds. The fourth-order valence-electron chi connectivity index (χ4n) is 16.5. The molecule has 12 aromatic rings. The van der Waals surface area contributed by atoms with Crippen molar-refractivity contribution < 1.29 is 38.1 Å². The number of pyridine rings is 2. The maximum absolute atomic E-state index is 12.9. The molecule has 28 nitrogen and oxygen atoms in total. The lowest BCUT2D eigenvalue weighted by molar-refractivity contribution is 0.0904. The molecule has 117 heavy (non-hydrogen) atoms. The van der Waals surface area contributed by atoms with Gasteiger partial charge in [0.15, 0.2) is 11.3 Å². The van der Waals surface area contributed by atoms with Crippen molar-refractivity contribution in [3.63, 3.8) is 0 Å². The first-order chi connectivity index (χ1) is 57.1. The Morgan fingerprint density at radius 1 is 0.419 bits per heavy atom. The van der Waals surface area contributed by atoms with E-state index >= 15 is 0 Å². The Balaban J connectivity index is 0.000000112. The van der Waals surface area contributed by atoms with Crippen LogP contribution in [0, 0.1) is 27.7 Å². The predicted molar refractivity (Wildman–Crippen MR) is 453 cm³/mol. The molecule has 8 aliphatic rings. The smallest absolute Gasteiger partial charge is 0.271 e. The zero-order chi connectivity index (χ0) is 80.0. The third kappa shape index (κ3) is 17.9. The highest BCUT2D eigenvalue weighted by atomic mass is 35.5. The standard InChI is InChI=1S/C23H26N4O2.C22H23ClN4O2.C22H26N6O2.C21H24N6O2/c1-16-4-8-27-9-5-20(21(27)12-16)23(28)25-18-13-17-2-3-19(14-22(17)29-15-18)26-10-6-24-7-11-26;23-16-2-4-20-19(5-8-27(20)13-16)22(28)25-17-11-15-1-3-18(12-21(15)29-14-17)26-9-6-24-7-10-26;1-14-9-15(2)28-21(25-14)19(12-24-28)22(29)26-17-10-16-3-4-18(11-20(16)30-13-17)27-7-5-23-6-8-27;1-14-2-5-20-24-18(12-27(20)25-14)21(28)23-16-10-15-3-4-17(11-19(15)29-13-16)26-8-6-22-7-9-26/h2-5,8-9,12,14,18,24H,6-7,10-11,13,15H2,1H3,(H,25,28);1-5,8,12-13,17,24H,6-7,9-11,14H2,(H,25,28);3-4,9,11-12,17,23H,5-8,10,13H2,1-2H3,(H,26,29);2-5,11-12,16,22H,6-10,13H2,1H3,(H,23,28)/t18-;2*17-;16-/m1111/s1. The molecule has 0 unspecified atom stereocenters. The number of carbonyl (C=O) groups excluding carboxylic acids is 4. The van der Waals surface area contributed by atoms with E-state index in [4.69, 9.17) is 30.5 Å². The molecule has 4 atom stereocenters. The highest BCUT2D eigenvalue weighted by Crippen LogP contribution is 2.35. The van der Waals surface area contributed by atoms with E-state index in [0.29, 0.717) is 65.1 Å². The van der Waals surface area contributed by atoms with E-state index in [0.717, 1.165) is 209 Å². The average molecular weight is 1600 g/mol. The van der Waals surface area contributed by atoms with Crippen molar-refractivity contribution in [1.82, 2.24) is 80.5 Å². The minimum absolute atomic E-state index is 0.0280. The van der Waals surface area contributed by atoms with Crippen molar-refractivity contribution in [1.29, 1.82) is 0 Å².